The monoisotopic (exact) mass is 235 g/mol. The summed E-state index contributed by atoms with van der Waals surface area (Å²) in [6.45, 7) is 5.60. The second kappa shape index (κ2) is 6.57. The highest BCUT2D eigenvalue weighted by atomic mass is 16.5. The Labute approximate surface area is 103 Å². The summed E-state index contributed by atoms with van der Waals surface area (Å²) in [5, 5.41) is 3.43. The zero-order valence-electron chi connectivity index (χ0n) is 10.5. The van der Waals surface area contributed by atoms with Gasteiger partial charge in [0, 0.05) is 18.8 Å². The van der Waals surface area contributed by atoms with Crippen molar-refractivity contribution in [2.24, 2.45) is 0 Å². The lowest BCUT2D eigenvalue weighted by atomic mass is 10.2. The molecule has 2 rings (SSSR count). The SMILES string of the molecule is COc1ccc(CN2CCCNCCC2)cn1. The summed E-state index contributed by atoms with van der Waals surface area (Å²) < 4.78 is 5.06. The van der Waals surface area contributed by atoms with E-state index in [1.807, 2.05) is 12.3 Å². The van der Waals surface area contributed by atoms with Gasteiger partial charge in [-0.2, -0.15) is 0 Å². The Morgan fingerprint density at radius 2 is 2.06 bits per heavy atom. The Balaban J connectivity index is 1.88. The molecule has 4 nitrogen and oxygen atoms in total. The summed E-state index contributed by atoms with van der Waals surface area (Å²) in [6, 6.07) is 4.03. The highest BCUT2D eigenvalue weighted by molar-refractivity contribution is 5.17. The third-order valence-corrected chi connectivity index (χ3v) is 3.07. The van der Waals surface area contributed by atoms with Gasteiger partial charge in [0.15, 0.2) is 0 Å². The molecule has 1 aromatic heterocycles. The molecule has 0 atom stereocenters. The minimum atomic E-state index is 0.686. The summed E-state index contributed by atoms with van der Waals surface area (Å²) in [6.07, 6.45) is 4.36. The van der Waals surface area contributed by atoms with Crippen LogP contribution in [0.4, 0.5) is 0 Å². The Morgan fingerprint density at radius 1 is 1.29 bits per heavy atom. The van der Waals surface area contributed by atoms with Crippen LogP contribution in [0.3, 0.4) is 0 Å². The number of hydrogen-bond donors (Lipinski definition) is 1. The lowest BCUT2D eigenvalue weighted by Gasteiger charge is -2.24. The molecule has 0 saturated carbocycles. The smallest absolute Gasteiger partial charge is 0.212 e. The fourth-order valence-corrected chi connectivity index (χ4v) is 2.13. The van der Waals surface area contributed by atoms with Crippen molar-refractivity contribution in [2.45, 2.75) is 19.4 Å². The van der Waals surface area contributed by atoms with E-state index in [1.165, 1.54) is 31.5 Å². The van der Waals surface area contributed by atoms with E-state index < -0.39 is 0 Å². The largest absolute Gasteiger partial charge is 0.481 e. The van der Waals surface area contributed by atoms with Gasteiger partial charge in [-0.05, 0) is 44.6 Å². The van der Waals surface area contributed by atoms with E-state index in [9.17, 15) is 0 Å². The minimum Gasteiger partial charge on any atom is -0.481 e. The number of nitrogens with zero attached hydrogens (tertiary/aromatic N) is 2. The van der Waals surface area contributed by atoms with Crippen LogP contribution in [0.1, 0.15) is 18.4 Å². The number of methoxy groups -OCH3 is 1. The van der Waals surface area contributed by atoms with Gasteiger partial charge < -0.3 is 10.1 Å². The Hall–Kier alpha value is -1.13. The highest BCUT2D eigenvalue weighted by Gasteiger charge is 2.08. The van der Waals surface area contributed by atoms with E-state index in [4.69, 9.17) is 4.74 Å². The predicted molar refractivity (Wildman–Crippen MR) is 68.2 cm³/mol. The van der Waals surface area contributed by atoms with Gasteiger partial charge in [-0.3, -0.25) is 4.90 Å². The van der Waals surface area contributed by atoms with Crippen LogP contribution in [-0.2, 0) is 6.54 Å². The fourth-order valence-electron chi connectivity index (χ4n) is 2.13. The fraction of sp³-hybridized carbons (Fsp3) is 0.615. The lowest BCUT2D eigenvalue weighted by molar-refractivity contribution is 0.244. The summed E-state index contributed by atoms with van der Waals surface area (Å²) in [5.74, 6) is 0.686. The van der Waals surface area contributed by atoms with E-state index in [0.717, 1.165) is 19.6 Å². The predicted octanol–water partition coefficient (Wildman–Crippen LogP) is 1.28. The second-order valence-corrected chi connectivity index (χ2v) is 4.44. The van der Waals surface area contributed by atoms with Crippen LogP contribution >= 0.6 is 0 Å². The molecule has 0 spiro atoms. The lowest BCUT2D eigenvalue weighted by Crippen LogP contribution is -2.33. The van der Waals surface area contributed by atoms with Crippen LogP contribution in [0.15, 0.2) is 18.3 Å². The molecule has 0 aliphatic carbocycles. The number of nitrogens with one attached hydrogen (secondary N) is 1. The molecule has 0 bridgehead atoms. The van der Waals surface area contributed by atoms with Gasteiger partial charge >= 0.3 is 0 Å². The van der Waals surface area contributed by atoms with Gasteiger partial charge in [0.1, 0.15) is 0 Å². The molecule has 4 heteroatoms. The summed E-state index contributed by atoms with van der Waals surface area (Å²) >= 11 is 0. The van der Waals surface area contributed by atoms with Crippen LogP contribution in [0.5, 0.6) is 5.88 Å². The average Bonchev–Trinajstić information content (AvgIpc) is 2.33. The van der Waals surface area contributed by atoms with Gasteiger partial charge in [0.25, 0.3) is 0 Å². The molecule has 0 amide bonds. The first-order valence-corrected chi connectivity index (χ1v) is 6.30. The quantitative estimate of drug-likeness (QED) is 0.856. The van der Waals surface area contributed by atoms with Gasteiger partial charge in [0.2, 0.25) is 5.88 Å². The van der Waals surface area contributed by atoms with Gasteiger partial charge in [0.05, 0.1) is 7.11 Å². The van der Waals surface area contributed by atoms with Crippen LogP contribution in [0.2, 0.25) is 0 Å². The number of ether oxygens (including phenoxy) is 1. The molecule has 1 aliphatic rings. The van der Waals surface area contributed by atoms with E-state index >= 15 is 0 Å². The second-order valence-electron chi connectivity index (χ2n) is 4.44. The third kappa shape index (κ3) is 3.98. The maximum Gasteiger partial charge on any atom is 0.212 e. The Morgan fingerprint density at radius 3 is 2.65 bits per heavy atom. The molecule has 1 aliphatic heterocycles. The van der Waals surface area contributed by atoms with Gasteiger partial charge in [-0.15, -0.1) is 0 Å². The van der Waals surface area contributed by atoms with Crippen LogP contribution in [0, 0.1) is 0 Å². The molecule has 1 saturated heterocycles. The van der Waals surface area contributed by atoms with Crippen molar-refractivity contribution in [3.05, 3.63) is 23.9 Å². The summed E-state index contributed by atoms with van der Waals surface area (Å²) in [5.41, 5.74) is 1.26. The third-order valence-electron chi connectivity index (χ3n) is 3.07. The van der Waals surface area contributed by atoms with E-state index in [1.54, 1.807) is 7.11 Å². The van der Waals surface area contributed by atoms with E-state index in [2.05, 4.69) is 21.3 Å². The first kappa shape index (κ1) is 12.3. The van der Waals surface area contributed by atoms with Crippen LogP contribution in [-0.4, -0.2) is 43.2 Å². The zero-order chi connectivity index (χ0) is 11.9. The maximum absolute atomic E-state index is 5.06. The number of aromatic nitrogens is 1. The van der Waals surface area contributed by atoms with Gasteiger partial charge in [-0.1, -0.05) is 6.07 Å². The molecule has 94 valence electrons. The van der Waals surface area contributed by atoms with Crippen LogP contribution in [0.25, 0.3) is 0 Å². The summed E-state index contributed by atoms with van der Waals surface area (Å²) in [7, 11) is 1.65. The maximum atomic E-state index is 5.06. The first-order valence-electron chi connectivity index (χ1n) is 6.30. The molecular weight excluding hydrogens is 214 g/mol. The molecular formula is C13H21N3O. The first-order chi connectivity index (χ1) is 8.38. The topological polar surface area (TPSA) is 37.4 Å². The van der Waals surface area contributed by atoms with Crippen LogP contribution < -0.4 is 10.1 Å². The van der Waals surface area contributed by atoms with E-state index in [-0.39, 0.29) is 0 Å². The number of hydrogen-bond acceptors (Lipinski definition) is 4. The molecule has 1 aromatic rings. The standard InChI is InChI=1S/C13H21N3O/c1-17-13-5-4-12(10-15-13)11-16-8-2-6-14-7-3-9-16/h4-5,10,14H,2-3,6-9,11H2,1H3. The zero-order valence-corrected chi connectivity index (χ0v) is 10.5. The molecule has 0 unspecified atom stereocenters. The number of rotatable bonds is 3. The summed E-state index contributed by atoms with van der Waals surface area (Å²) in [4.78, 5) is 6.75. The number of pyridine rings is 1. The normalized spacial score (nSPS) is 18.4. The van der Waals surface area contributed by atoms with Crippen molar-refractivity contribution in [1.29, 1.82) is 0 Å². The van der Waals surface area contributed by atoms with Gasteiger partial charge in [-0.25, -0.2) is 4.98 Å². The Bertz CT molecular complexity index is 318. The average molecular weight is 235 g/mol. The Kier molecular flexibility index (Phi) is 4.76. The van der Waals surface area contributed by atoms with Crippen molar-refractivity contribution in [3.8, 4) is 5.88 Å². The van der Waals surface area contributed by atoms with Crippen molar-refractivity contribution >= 4 is 0 Å². The molecule has 1 N–H and O–H groups in total. The molecule has 17 heavy (non-hydrogen) atoms. The van der Waals surface area contributed by atoms with E-state index in [0.29, 0.717) is 5.88 Å². The van der Waals surface area contributed by atoms with Crippen molar-refractivity contribution in [2.75, 3.05) is 33.3 Å². The van der Waals surface area contributed by atoms with Crippen molar-refractivity contribution < 1.29 is 4.74 Å². The molecule has 0 radical (unpaired) electrons. The molecule has 1 fully saturated rings. The highest BCUT2D eigenvalue weighted by Crippen LogP contribution is 2.10. The molecule has 0 aromatic carbocycles. The molecule has 2 heterocycles. The minimum absolute atomic E-state index is 0.686. The van der Waals surface area contributed by atoms with Crippen molar-refractivity contribution in [3.63, 3.8) is 0 Å². The van der Waals surface area contributed by atoms with Crippen molar-refractivity contribution in [1.82, 2.24) is 15.2 Å².